The van der Waals surface area contributed by atoms with E-state index in [2.05, 4.69) is 23.2 Å². The molecule has 2 nitrogen and oxygen atoms in total. The molecule has 3 heteroatoms. The maximum atomic E-state index is 13.7. The number of nitrogens with one attached hydrogen (secondary N) is 1. The van der Waals surface area contributed by atoms with Crippen LogP contribution in [0.4, 0.5) is 4.39 Å². The van der Waals surface area contributed by atoms with E-state index in [4.69, 9.17) is 0 Å². The highest BCUT2D eigenvalue weighted by Gasteiger charge is 2.24. The highest BCUT2D eigenvalue weighted by molar-refractivity contribution is 5.35. The third kappa shape index (κ3) is 3.64. The largest absolute Gasteiger partial charge is 0.310 e. The van der Waals surface area contributed by atoms with Gasteiger partial charge in [0.05, 0.1) is 0 Å². The van der Waals surface area contributed by atoms with Crippen molar-refractivity contribution in [2.45, 2.75) is 45.1 Å². The van der Waals surface area contributed by atoms with Crippen LogP contribution in [0.15, 0.2) is 18.2 Å². The van der Waals surface area contributed by atoms with Crippen LogP contribution in [-0.4, -0.2) is 31.1 Å². The van der Waals surface area contributed by atoms with Crippen LogP contribution in [0.3, 0.4) is 0 Å². The summed E-state index contributed by atoms with van der Waals surface area (Å²) in [7, 11) is 0. The summed E-state index contributed by atoms with van der Waals surface area (Å²) in [5.41, 5.74) is 2.11. The van der Waals surface area contributed by atoms with Gasteiger partial charge in [-0.3, -0.25) is 0 Å². The number of nitrogens with zero attached hydrogens (tertiary/aromatic N) is 1. The van der Waals surface area contributed by atoms with Crippen LogP contribution < -0.4 is 5.32 Å². The third-order valence-electron chi connectivity index (χ3n) is 4.94. The van der Waals surface area contributed by atoms with E-state index in [1.54, 1.807) is 6.07 Å². The lowest BCUT2D eigenvalue weighted by Gasteiger charge is -2.29. The summed E-state index contributed by atoms with van der Waals surface area (Å²) in [5, 5.41) is 3.66. The minimum Gasteiger partial charge on any atom is -0.310 e. The Balaban J connectivity index is 1.49. The zero-order valence-electron chi connectivity index (χ0n) is 13.1. The van der Waals surface area contributed by atoms with E-state index < -0.39 is 0 Å². The van der Waals surface area contributed by atoms with E-state index in [-0.39, 0.29) is 5.82 Å². The molecule has 1 saturated heterocycles. The van der Waals surface area contributed by atoms with Gasteiger partial charge in [-0.25, -0.2) is 4.39 Å². The van der Waals surface area contributed by atoms with Crippen LogP contribution in [0.1, 0.15) is 49.8 Å². The molecule has 0 bridgehead atoms. The van der Waals surface area contributed by atoms with Crippen molar-refractivity contribution >= 4 is 0 Å². The van der Waals surface area contributed by atoms with Crippen molar-refractivity contribution in [2.75, 3.05) is 26.2 Å². The molecule has 0 saturated carbocycles. The molecule has 21 heavy (non-hydrogen) atoms. The van der Waals surface area contributed by atoms with Crippen molar-refractivity contribution in [3.8, 4) is 0 Å². The molecule has 2 atom stereocenters. The number of benzene rings is 1. The highest BCUT2D eigenvalue weighted by Crippen LogP contribution is 2.32. The molecule has 2 unspecified atom stereocenters. The molecule has 0 aromatic heterocycles. The lowest BCUT2D eigenvalue weighted by atomic mass is 10.1. The van der Waals surface area contributed by atoms with Crippen molar-refractivity contribution in [1.29, 1.82) is 0 Å². The zero-order chi connectivity index (χ0) is 14.7. The van der Waals surface area contributed by atoms with Gasteiger partial charge < -0.3 is 10.2 Å². The standard InChI is InChI=1S/C18H27FN2/c1-14(13-21-10-3-2-4-11-21)12-20-18-9-8-15-16(18)6-5-7-17(15)19/h5-7,14,18,20H,2-4,8-13H2,1H3. The molecule has 3 rings (SSSR count). The Morgan fingerprint density at radius 2 is 2.10 bits per heavy atom. The minimum atomic E-state index is -0.0295. The third-order valence-corrected chi connectivity index (χ3v) is 4.94. The lowest BCUT2D eigenvalue weighted by molar-refractivity contribution is 0.197. The molecular weight excluding hydrogens is 263 g/mol. The number of piperidine rings is 1. The second-order valence-corrected chi connectivity index (χ2v) is 6.77. The quantitative estimate of drug-likeness (QED) is 0.892. The normalized spacial score (nSPS) is 24.0. The Kier molecular flexibility index (Phi) is 4.91. The Morgan fingerprint density at radius 1 is 1.29 bits per heavy atom. The van der Waals surface area contributed by atoms with E-state index in [9.17, 15) is 4.39 Å². The Hall–Kier alpha value is -0.930. The van der Waals surface area contributed by atoms with Crippen LogP contribution >= 0.6 is 0 Å². The van der Waals surface area contributed by atoms with E-state index in [1.165, 1.54) is 44.5 Å². The van der Waals surface area contributed by atoms with E-state index in [0.29, 0.717) is 12.0 Å². The first-order valence-corrected chi connectivity index (χ1v) is 8.47. The molecule has 1 fully saturated rings. The molecule has 1 N–H and O–H groups in total. The number of hydrogen-bond donors (Lipinski definition) is 1. The van der Waals surface area contributed by atoms with Crippen molar-refractivity contribution < 1.29 is 4.39 Å². The molecule has 1 aliphatic carbocycles. The molecule has 0 amide bonds. The monoisotopic (exact) mass is 290 g/mol. The SMILES string of the molecule is CC(CNC1CCc2c(F)cccc21)CN1CCCCC1. The zero-order valence-corrected chi connectivity index (χ0v) is 13.1. The molecule has 1 heterocycles. The van der Waals surface area contributed by atoms with Crippen molar-refractivity contribution in [3.63, 3.8) is 0 Å². The second-order valence-electron chi connectivity index (χ2n) is 6.77. The van der Waals surface area contributed by atoms with Gasteiger partial charge >= 0.3 is 0 Å². The van der Waals surface area contributed by atoms with Crippen LogP contribution in [0.5, 0.6) is 0 Å². The number of rotatable bonds is 5. The van der Waals surface area contributed by atoms with Crippen molar-refractivity contribution in [1.82, 2.24) is 10.2 Å². The summed E-state index contributed by atoms with van der Waals surface area (Å²) in [6, 6.07) is 5.85. The van der Waals surface area contributed by atoms with Crippen LogP contribution in [0.25, 0.3) is 0 Å². The van der Waals surface area contributed by atoms with Gasteiger partial charge in [0.15, 0.2) is 0 Å². The fraction of sp³-hybridized carbons (Fsp3) is 0.667. The first kappa shape index (κ1) is 15.0. The first-order valence-electron chi connectivity index (χ1n) is 8.47. The minimum absolute atomic E-state index is 0.0295. The fourth-order valence-electron chi connectivity index (χ4n) is 3.81. The van der Waals surface area contributed by atoms with Crippen LogP contribution in [0.2, 0.25) is 0 Å². The molecule has 0 radical (unpaired) electrons. The molecule has 0 spiro atoms. The van der Waals surface area contributed by atoms with E-state index in [0.717, 1.165) is 24.9 Å². The molecule has 1 aliphatic heterocycles. The van der Waals surface area contributed by atoms with Crippen molar-refractivity contribution in [2.24, 2.45) is 5.92 Å². The van der Waals surface area contributed by atoms with Gasteiger partial charge in [-0.2, -0.15) is 0 Å². The van der Waals surface area contributed by atoms with Crippen LogP contribution in [-0.2, 0) is 6.42 Å². The maximum Gasteiger partial charge on any atom is 0.126 e. The van der Waals surface area contributed by atoms with Gasteiger partial charge in [0.2, 0.25) is 0 Å². The topological polar surface area (TPSA) is 15.3 Å². The van der Waals surface area contributed by atoms with E-state index in [1.807, 2.05) is 6.07 Å². The average molecular weight is 290 g/mol. The van der Waals surface area contributed by atoms with Gasteiger partial charge in [-0.1, -0.05) is 25.5 Å². The van der Waals surface area contributed by atoms with Crippen LogP contribution in [0, 0.1) is 11.7 Å². The van der Waals surface area contributed by atoms with Gasteiger partial charge in [0, 0.05) is 12.6 Å². The predicted octanol–water partition coefficient (Wildman–Crippen LogP) is 3.52. The Morgan fingerprint density at radius 3 is 2.90 bits per heavy atom. The first-order chi connectivity index (χ1) is 10.2. The summed E-state index contributed by atoms with van der Waals surface area (Å²) in [5.74, 6) is 0.624. The second kappa shape index (κ2) is 6.89. The number of likely N-dealkylation sites (tertiary alicyclic amines) is 1. The molecule has 1 aromatic carbocycles. The Bertz CT molecular complexity index is 468. The predicted molar refractivity (Wildman–Crippen MR) is 84.9 cm³/mol. The number of hydrogen-bond acceptors (Lipinski definition) is 2. The van der Waals surface area contributed by atoms with E-state index >= 15 is 0 Å². The Labute approximate surface area is 127 Å². The maximum absolute atomic E-state index is 13.7. The number of halogens is 1. The average Bonchev–Trinajstić information content (AvgIpc) is 2.91. The number of fused-ring (bicyclic) bond motifs is 1. The summed E-state index contributed by atoms with van der Waals surface area (Å²) in [6.07, 6.45) is 6.02. The lowest BCUT2D eigenvalue weighted by Crippen LogP contribution is -2.37. The summed E-state index contributed by atoms with van der Waals surface area (Å²) in [6.45, 7) is 7.07. The van der Waals surface area contributed by atoms with Gasteiger partial charge in [-0.05, 0) is 68.4 Å². The molecular formula is C18H27FN2. The fourth-order valence-corrected chi connectivity index (χ4v) is 3.81. The van der Waals surface area contributed by atoms with Gasteiger partial charge in [0.25, 0.3) is 0 Å². The molecule has 2 aliphatic rings. The summed E-state index contributed by atoms with van der Waals surface area (Å²) >= 11 is 0. The highest BCUT2D eigenvalue weighted by atomic mass is 19.1. The smallest absolute Gasteiger partial charge is 0.126 e. The van der Waals surface area contributed by atoms with Crippen molar-refractivity contribution in [3.05, 3.63) is 35.1 Å². The van der Waals surface area contributed by atoms with Gasteiger partial charge in [0.1, 0.15) is 5.82 Å². The summed E-state index contributed by atoms with van der Waals surface area (Å²) < 4.78 is 13.7. The summed E-state index contributed by atoms with van der Waals surface area (Å²) in [4.78, 5) is 2.60. The van der Waals surface area contributed by atoms with Gasteiger partial charge in [-0.15, -0.1) is 0 Å². The molecule has 1 aromatic rings. The molecule has 116 valence electrons.